The molecule has 2 heterocycles. The number of nitrogens with one attached hydrogen (secondary N) is 1. The van der Waals surface area contributed by atoms with Gasteiger partial charge in [-0.1, -0.05) is 48.2 Å². The summed E-state index contributed by atoms with van der Waals surface area (Å²) in [5.74, 6) is 0.0507. The van der Waals surface area contributed by atoms with Crippen LogP contribution in [-0.2, 0) is 4.79 Å². The van der Waals surface area contributed by atoms with Crippen molar-refractivity contribution in [1.29, 1.82) is 0 Å². The molecule has 2 aromatic heterocycles. The van der Waals surface area contributed by atoms with Gasteiger partial charge in [-0.2, -0.15) is 4.68 Å². The van der Waals surface area contributed by atoms with E-state index in [4.69, 9.17) is 0 Å². The molecule has 0 radical (unpaired) electrons. The summed E-state index contributed by atoms with van der Waals surface area (Å²) in [5.41, 5.74) is 2.40. The fourth-order valence-corrected chi connectivity index (χ4v) is 3.16. The second-order valence-corrected chi connectivity index (χ2v) is 6.40. The molecule has 0 unspecified atom stereocenters. The predicted octanol–water partition coefficient (Wildman–Crippen LogP) is 2.94. The Morgan fingerprint density at radius 3 is 2.77 bits per heavy atom. The number of fused-ring (bicyclic) bond motifs is 1. The van der Waals surface area contributed by atoms with Crippen LogP contribution in [0.3, 0.4) is 0 Å². The standard InChI is InChI=1S/C18H14N6OS/c25-17(20-14-10-13-6-4-5-9-16(13)19-11-14)12-26-18-21-22-23-24(18)15-7-2-1-3-8-15/h1-11H,12H2,(H,20,25). The van der Waals surface area contributed by atoms with E-state index in [9.17, 15) is 4.79 Å². The first kappa shape index (κ1) is 16.2. The van der Waals surface area contributed by atoms with Gasteiger partial charge in [0.1, 0.15) is 0 Å². The molecule has 0 aliphatic heterocycles. The van der Waals surface area contributed by atoms with E-state index in [1.54, 1.807) is 10.9 Å². The van der Waals surface area contributed by atoms with E-state index in [1.807, 2.05) is 60.7 Å². The van der Waals surface area contributed by atoms with Crippen molar-refractivity contribution in [3.8, 4) is 5.69 Å². The van der Waals surface area contributed by atoms with Gasteiger partial charge in [0, 0.05) is 5.39 Å². The van der Waals surface area contributed by atoms with Crippen LogP contribution in [0.25, 0.3) is 16.6 Å². The van der Waals surface area contributed by atoms with Gasteiger partial charge >= 0.3 is 0 Å². The second kappa shape index (κ2) is 7.32. The predicted molar refractivity (Wildman–Crippen MR) is 100 cm³/mol. The molecule has 4 rings (SSSR count). The van der Waals surface area contributed by atoms with Gasteiger partial charge in [-0.25, -0.2) is 0 Å². The van der Waals surface area contributed by atoms with Crippen LogP contribution < -0.4 is 5.32 Å². The third-order valence-corrected chi connectivity index (χ3v) is 4.57. The van der Waals surface area contributed by atoms with Crippen molar-refractivity contribution in [2.45, 2.75) is 5.16 Å². The summed E-state index contributed by atoms with van der Waals surface area (Å²) in [6.07, 6.45) is 1.65. The summed E-state index contributed by atoms with van der Waals surface area (Å²) in [6.45, 7) is 0. The highest BCUT2D eigenvalue weighted by molar-refractivity contribution is 7.99. The number of aromatic nitrogens is 5. The van der Waals surface area contributed by atoms with E-state index in [-0.39, 0.29) is 11.7 Å². The first-order valence-electron chi connectivity index (χ1n) is 7.91. The summed E-state index contributed by atoms with van der Waals surface area (Å²) in [4.78, 5) is 16.6. The Kier molecular flexibility index (Phi) is 4.57. The lowest BCUT2D eigenvalue weighted by atomic mass is 10.2. The highest BCUT2D eigenvalue weighted by Crippen LogP contribution is 2.19. The fourth-order valence-electron chi connectivity index (χ4n) is 2.47. The molecule has 0 saturated heterocycles. The van der Waals surface area contributed by atoms with Gasteiger partial charge in [-0.15, -0.1) is 5.10 Å². The molecule has 0 aliphatic carbocycles. The molecular weight excluding hydrogens is 348 g/mol. The van der Waals surface area contributed by atoms with Gasteiger partial charge in [0.05, 0.1) is 28.8 Å². The number of nitrogens with zero attached hydrogens (tertiary/aromatic N) is 5. The molecule has 0 aliphatic rings. The van der Waals surface area contributed by atoms with Crippen molar-refractivity contribution in [2.75, 3.05) is 11.1 Å². The molecule has 2 aromatic carbocycles. The molecule has 4 aromatic rings. The van der Waals surface area contributed by atoms with Crippen molar-refractivity contribution < 1.29 is 4.79 Å². The molecule has 0 saturated carbocycles. The number of thioether (sulfide) groups is 1. The first-order valence-corrected chi connectivity index (χ1v) is 8.89. The molecule has 1 N–H and O–H groups in total. The maximum absolute atomic E-state index is 12.3. The summed E-state index contributed by atoms with van der Waals surface area (Å²) in [6, 6.07) is 19.2. The minimum Gasteiger partial charge on any atom is -0.324 e. The first-order chi connectivity index (χ1) is 12.8. The lowest BCUT2D eigenvalue weighted by molar-refractivity contribution is -0.113. The Hall–Kier alpha value is -3.26. The van der Waals surface area contributed by atoms with Gasteiger partial charge in [0.2, 0.25) is 11.1 Å². The maximum Gasteiger partial charge on any atom is 0.234 e. The SMILES string of the molecule is O=C(CSc1nnnn1-c1ccccc1)Nc1cnc2ccccc2c1. The number of benzene rings is 2. The Morgan fingerprint density at radius 2 is 1.88 bits per heavy atom. The largest absolute Gasteiger partial charge is 0.324 e. The van der Waals surface area contributed by atoms with Gasteiger partial charge in [-0.05, 0) is 34.7 Å². The molecular formula is C18H14N6OS. The van der Waals surface area contributed by atoms with E-state index in [0.717, 1.165) is 16.6 Å². The zero-order valence-corrected chi connectivity index (χ0v) is 14.4. The number of tetrazole rings is 1. The number of para-hydroxylation sites is 2. The van der Waals surface area contributed by atoms with Gasteiger partial charge in [-0.3, -0.25) is 9.78 Å². The number of carbonyl (C=O) groups excluding carboxylic acids is 1. The molecule has 0 fully saturated rings. The van der Waals surface area contributed by atoms with Crippen LogP contribution in [0.5, 0.6) is 0 Å². The van der Waals surface area contributed by atoms with Crippen molar-refractivity contribution in [3.63, 3.8) is 0 Å². The Morgan fingerprint density at radius 1 is 1.08 bits per heavy atom. The lowest BCUT2D eigenvalue weighted by Gasteiger charge is -2.06. The fraction of sp³-hybridized carbons (Fsp3) is 0.0556. The van der Waals surface area contributed by atoms with Crippen LogP contribution >= 0.6 is 11.8 Å². The lowest BCUT2D eigenvalue weighted by Crippen LogP contribution is -2.14. The zero-order chi connectivity index (χ0) is 17.8. The summed E-state index contributed by atoms with van der Waals surface area (Å²) < 4.78 is 1.61. The van der Waals surface area contributed by atoms with Crippen LogP contribution in [0.2, 0.25) is 0 Å². The molecule has 128 valence electrons. The average Bonchev–Trinajstić information content (AvgIpc) is 3.16. The number of rotatable bonds is 5. The Bertz CT molecular complexity index is 1050. The normalized spacial score (nSPS) is 10.8. The van der Waals surface area contributed by atoms with Gasteiger partial charge in [0.25, 0.3) is 0 Å². The monoisotopic (exact) mass is 362 g/mol. The second-order valence-electron chi connectivity index (χ2n) is 5.46. The number of pyridine rings is 1. The smallest absolute Gasteiger partial charge is 0.234 e. The minimum atomic E-state index is -0.144. The van der Waals surface area contributed by atoms with Crippen molar-refractivity contribution >= 4 is 34.3 Å². The van der Waals surface area contributed by atoms with Crippen molar-refractivity contribution in [1.82, 2.24) is 25.2 Å². The molecule has 0 spiro atoms. The topological polar surface area (TPSA) is 85.6 Å². The van der Waals surface area contributed by atoms with Gasteiger partial charge < -0.3 is 5.32 Å². The van der Waals surface area contributed by atoms with Crippen molar-refractivity contribution in [3.05, 3.63) is 66.9 Å². The number of hydrogen-bond acceptors (Lipinski definition) is 6. The third-order valence-electron chi connectivity index (χ3n) is 3.65. The van der Waals surface area contributed by atoms with Gasteiger partial charge in [0.15, 0.2) is 0 Å². The number of amides is 1. The molecule has 8 heteroatoms. The van der Waals surface area contributed by atoms with E-state index < -0.39 is 0 Å². The van der Waals surface area contributed by atoms with E-state index in [1.165, 1.54) is 11.8 Å². The van der Waals surface area contributed by atoms with Crippen LogP contribution in [0, 0.1) is 0 Å². The van der Waals surface area contributed by atoms with Crippen LogP contribution in [0.1, 0.15) is 0 Å². The average molecular weight is 362 g/mol. The molecule has 26 heavy (non-hydrogen) atoms. The molecule has 1 amide bonds. The number of anilines is 1. The molecule has 0 bridgehead atoms. The zero-order valence-electron chi connectivity index (χ0n) is 13.6. The van der Waals surface area contributed by atoms with Crippen LogP contribution in [-0.4, -0.2) is 36.9 Å². The minimum absolute atomic E-state index is 0.144. The van der Waals surface area contributed by atoms with E-state index in [0.29, 0.717) is 10.8 Å². The third kappa shape index (κ3) is 3.55. The summed E-state index contributed by atoms with van der Waals surface area (Å²) in [5, 5.41) is 16.0. The Balaban J connectivity index is 1.42. The summed E-state index contributed by atoms with van der Waals surface area (Å²) in [7, 11) is 0. The maximum atomic E-state index is 12.3. The van der Waals surface area contributed by atoms with Crippen LogP contribution in [0.15, 0.2) is 72.0 Å². The quantitative estimate of drug-likeness (QED) is 0.550. The number of carbonyl (C=O) groups is 1. The van der Waals surface area contributed by atoms with Crippen molar-refractivity contribution in [2.24, 2.45) is 0 Å². The Labute approximate surface area is 153 Å². The van der Waals surface area contributed by atoms with Crippen LogP contribution in [0.4, 0.5) is 5.69 Å². The van der Waals surface area contributed by atoms with E-state index >= 15 is 0 Å². The number of hydrogen-bond donors (Lipinski definition) is 1. The molecule has 7 nitrogen and oxygen atoms in total. The van der Waals surface area contributed by atoms with E-state index in [2.05, 4.69) is 25.8 Å². The molecule has 0 atom stereocenters. The summed E-state index contributed by atoms with van der Waals surface area (Å²) >= 11 is 1.27. The highest BCUT2D eigenvalue weighted by Gasteiger charge is 2.11. The highest BCUT2D eigenvalue weighted by atomic mass is 32.2.